The molecule has 1 aliphatic carbocycles. The highest BCUT2D eigenvalue weighted by Gasteiger charge is 2.38. The van der Waals surface area contributed by atoms with E-state index in [0.29, 0.717) is 59.7 Å². The van der Waals surface area contributed by atoms with Crippen molar-refractivity contribution in [1.29, 1.82) is 0 Å². The molecule has 3 aromatic rings. The van der Waals surface area contributed by atoms with E-state index in [-0.39, 0.29) is 16.9 Å². The van der Waals surface area contributed by atoms with Gasteiger partial charge in [-0.1, -0.05) is 50.6 Å². The van der Waals surface area contributed by atoms with Crippen LogP contribution in [0.15, 0.2) is 48.5 Å². The lowest BCUT2D eigenvalue weighted by Gasteiger charge is -2.36. The average Bonchev–Trinajstić information content (AvgIpc) is 3.63. The highest BCUT2D eigenvalue weighted by Crippen LogP contribution is 2.37. The summed E-state index contributed by atoms with van der Waals surface area (Å²) in [5.41, 5.74) is 3.88. The Bertz CT molecular complexity index is 1410. The van der Waals surface area contributed by atoms with Gasteiger partial charge in [-0.2, -0.15) is 5.10 Å². The SMILES string of the molecule is CC(C)(C)[Si](C)(C)OCc1cccc(N2CCc3c(C(=O)NCC4CC4)nn(-c4cccc(Cl)c4)c3C2=O)c1. The van der Waals surface area contributed by atoms with Gasteiger partial charge in [0.05, 0.1) is 12.3 Å². The monoisotopic (exact) mass is 564 g/mol. The van der Waals surface area contributed by atoms with E-state index < -0.39 is 8.32 Å². The quantitative estimate of drug-likeness (QED) is 0.322. The predicted octanol–water partition coefficient (Wildman–Crippen LogP) is 6.39. The summed E-state index contributed by atoms with van der Waals surface area (Å²) in [5.74, 6) is 0.127. The van der Waals surface area contributed by atoms with Crippen molar-refractivity contribution in [3.63, 3.8) is 0 Å². The molecule has 0 spiro atoms. The van der Waals surface area contributed by atoms with E-state index in [9.17, 15) is 9.59 Å². The number of hydrogen-bond donors (Lipinski definition) is 1. The normalized spacial score (nSPS) is 15.8. The van der Waals surface area contributed by atoms with Crippen LogP contribution in [0.4, 0.5) is 5.69 Å². The number of aromatic nitrogens is 2. The van der Waals surface area contributed by atoms with Gasteiger partial charge in [-0.05, 0) is 79.2 Å². The lowest BCUT2D eigenvalue weighted by Crippen LogP contribution is -2.40. The third-order valence-corrected chi connectivity index (χ3v) is 12.9. The molecule has 2 aromatic carbocycles. The van der Waals surface area contributed by atoms with Gasteiger partial charge in [0.25, 0.3) is 11.8 Å². The number of benzene rings is 2. The Morgan fingerprint density at radius 3 is 2.54 bits per heavy atom. The summed E-state index contributed by atoms with van der Waals surface area (Å²) in [6, 6.07) is 15.2. The van der Waals surface area contributed by atoms with E-state index in [1.165, 1.54) is 0 Å². The van der Waals surface area contributed by atoms with Crippen LogP contribution in [0, 0.1) is 5.92 Å². The van der Waals surface area contributed by atoms with Gasteiger partial charge in [0.1, 0.15) is 5.69 Å². The maximum atomic E-state index is 14.0. The number of fused-ring (bicyclic) bond motifs is 1. The summed E-state index contributed by atoms with van der Waals surface area (Å²) in [6.07, 6.45) is 2.81. The summed E-state index contributed by atoms with van der Waals surface area (Å²) >= 11 is 6.28. The van der Waals surface area contributed by atoms with Crippen LogP contribution in [0.2, 0.25) is 23.2 Å². The van der Waals surface area contributed by atoms with E-state index in [1.807, 2.05) is 36.4 Å². The number of anilines is 1. The smallest absolute Gasteiger partial charge is 0.277 e. The predicted molar refractivity (Wildman–Crippen MR) is 157 cm³/mol. The Morgan fingerprint density at radius 1 is 1.13 bits per heavy atom. The van der Waals surface area contributed by atoms with Crippen molar-refractivity contribution in [2.75, 3.05) is 18.0 Å². The molecule has 1 N–H and O–H groups in total. The molecule has 0 saturated heterocycles. The highest BCUT2D eigenvalue weighted by molar-refractivity contribution is 6.74. The molecule has 206 valence electrons. The van der Waals surface area contributed by atoms with Gasteiger partial charge in [-0.3, -0.25) is 9.59 Å². The zero-order valence-electron chi connectivity index (χ0n) is 23.4. The molecule has 7 nitrogen and oxygen atoms in total. The van der Waals surface area contributed by atoms with Crippen molar-refractivity contribution in [3.8, 4) is 5.69 Å². The first-order chi connectivity index (χ1) is 18.4. The summed E-state index contributed by atoms with van der Waals surface area (Å²) in [7, 11) is -1.91. The fraction of sp³-hybridized carbons (Fsp3) is 0.433. The number of hydrogen-bond acceptors (Lipinski definition) is 4. The Hall–Kier alpha value is -2.94. The third kappa shape index (κ3) is 5.83. The molecule has 0 unspecified atom stereocenters. The Labute approximate surface area is 236 Å². The van der Waals surface area contributed by atoms with E-state index in [4.69, 9.17) is 16.0 Å². The Kier molecular flexibility index (Phi) is 7.48. The molecule has 5 rings (SSSR count). The van der Waals surface area contributed by atoms with Gasteiger partial charge in [0, 0.05) is 29.4 Å². The number of nitrogens with one attached hydrogen (secondary N) is 1. The first-order valence-electron chi connectivity index (χ1n) is 13.7. The summed E-state index contributed by atoms with van der Waals surface area (Å²) in [5, 5.41) is 8.32. The number of carbonyl (C=O) groups excluding carboxylic acids is 2. The van der Waals surface area contributed by atoms with Gasteiger partial charge >= 0.3 is 0 Å². The zero-order valence-corrected chi connectivity index (χ0v) is 25.1. The second-order valence-electron chi connectivity index (χ2n) is 12.1. The van der Waals surface area contributed by atoms with E-state index >= 15 is 0 Å². The Balaban J connectivity index is 1.46. The zero-order chi connectivity index (χ0) is 27.9. The van der Waals surface area contributed by atoms with Gasteiger partial charge < -0.3 is 14.6 Å². The lowest BCUT2D eigenvalue weighted by atomic mass is 10.0. The molecule has 9 heteroatoms. The molecule has 2 heterocycles. The largest absolute Gasteiger partial charge is 0.413 e. The van der Waals surface area contributed by atoms with Gasteiger partial charge in [-0.15, -0.1) is 0 Å². The minimum Gasteiger partial charge on any atom is -0.413 e. The van der Waals surface area contributed by atoms with Gasteiger partial charge in [0.15, 0.2) is 14.0 Å². The summed E-state index contributed by atoms with van der Waals surface area (Å²) in [4.78, 5) is 29.0. The fourth-order valence-corrected chi connectivity index (χ4v) is 5.67. The van der Waals surface area contributed by atoms with E-state index in [0.717, 1.165) is 24.1 Å². The first-order valence-corrected chi connectivity index (χ1v) is 16.9. The molecule has 39 heavy (non-hydrogen) atoms. The van der Waals surface area contributed by atoms with Crippen LogP contribution < -0.4 is 10.2 Å². The fourth-order valence-electron chi connectivity index (χ4n) is 4.52. The minimum absolute atomic E-state index is 0.116. The molecule has 0 bridgehead atoms. The molecular weight excluding hydrogens is 528 g/mol. The molecule has 1 fully saturated rings. The van der Waals surface area contributed by atoms with E-state index in [1.54, 1.807) is 21.7 Å². The lowest BCUT2D eigenvalue weighted by molar-refractivity contribution is 0.0945. The molecule has 1 aliphatic heterocycles. The number of rotatable bonds is 8. The minimum atomic E-state index is -1.91. The molecule has 2 aliphatic rings. The number of amides is 2. The molecule has 0 atom stereocenters. The van der Waals surface area contributed by atoms with Crippen LogP contribution in [-0.4, -0.2) is 43.0 Å². The molecule has 1 aromatic heterocycles. The summed E-state index contributed by atoms with van der Waals surface area (Å²) < 4.78 is 8.01. The van der Waals surface area contributed by atoms with Crippen molar-refractivity contribution in [1.82, 2.24) is 15.1 Å². The number of halogens is 1. The maximum absolute atomic E-state index is 14.0. The Morgan fingerprint density at radius 2 is 1.85 bits per heavy atom. The van der Waals surface area contributed by atoms with Crippen molar-refractivity contribution in [2.24, 2.45) is 5.92 Å². The van der Waals surface area contributed by atoms with Crippen LogP contribution >= 0.6 is 11.6 Å². The standard InChI is InChI=1S/C30H37ClN4O3Si/c1-30(2,3)39(4,5)38-19-21-8-6-10-23(16-21)34-15-14-25-26(28(36)32-18-20-12-13-20)33-35(27(25)29(34)37)24-11-7-9-22(31)17-24/h6-11,16-17,20H,12-15,18-19H2,1-5H3,(H,32,36). The topological polar surface area (TPSA) is 76.5 Å². The van der Waals surface area contributed by atoms with Crippen molar-refractivity contribution < 1.29 is 14.0 Å². The van der Waals surface area contributed by atoms with Crippen LogP contribution in [0.3, 0.4) is 0 Å². The molecule has 2 amide bonds. The number of nitrogens with zero attached hydrogens (tertiary/aromatic N) is 3. The molecular formula is C30H37ClN4O3Si. The average molecular weight is 565 g/mol. The number of carbonyl (C=O) groups is 2. The first kappa shape index (κ1) is 27.6. The maximum Gasteiger partial charge on any atom is 0.277 e. The van der Waals surface area contributed by atoms with E-state index in [2.05, 4.69) is 44.3 Å². The highest BCUT2D eigenvalue weighted by atomic mass is 35.5. The van der Waals surface area contributed by atoms with Crippen molar-refractivity contribution in [2.45, 2.75) is 64.8 Å². The van der Waals surface area contributed by atoms with Crippen molar-refractivity contribution >= 4 is 37.4 Å². The van der Waals surface area contributed by atoms with Gasteiger partial charge in [-0.25, -0.2) is 4.68 Å². The van der Waals surface area contributed by atoms with Crippen molar-refractivity contribution in [3.05, 3.63) is 76.1 Å². The van der Waals surface area contributed by atoms with Gasteiger partial charge in [0.2, 0.25) is 0 Å². The second-order valence-corrected chi connectivity index (χ2v) is 17.4. The van der Waals surface area contributed by atoms with Crippen LogP contribution in [0.5, 0.6) is 0 Å². The summed E-state index contributed by atoms with van der Waals surface area (Å²) in [6.45, 7) is 12.8. The van der Waals surface area contributed by atoms with Crippen LogP contribution in [0.1, 0.15) is 65.7 Å². The third-order valence-electron chi connectivity index (χ3n) is 8.16. The van der Waals surface area contributed by atoms with Crippen LogP contribution in [-0.2, 0) is 17.5 Å². The second kappa shape index (κ2) is 10.6. The molecule has 1 saturated carbocycles. The van der Waals surface area contributed by atoms with Crippen LogP contribution in [0.25, 0.3) is 5.69 Å². The molecule has 0 radical (unpaired) electrons.